The van der Waals surface area contributed by atoms with Crippen LogP contribution in [0.3, 0.4) is 0 Å². The highest BCUT2D eigenvalue weighted by molar-refractivity contribution is 7.89. The van der Waals surface area contributed by atoms with E-state index in [9.17, 15) is 8.42 Å². The smallest absolute Gasteiger partial charge is 0.211 e. The van der Waals surface area contributed by atoms with Crippen LogP contribution >= 0.6 is 0 Å². The van der Waals surface area contributed by atoms with Crippen LogP contribution in [-0.4, -0.2) is 32.8 Å². The Morgan fingerprint density at radius 3 is 2.50 bits per heavy atom. The summed E-state index contributed by atoms with van der Waals surface area (Å²) in [7, 11) is -3.08. The maximum absolute atomic E-state index is 11.9. The summed E-state index contributed by atoms with van der Waals surface area (Å²) in [4.78, 5) is 0. The SMILES string of the molecule is CCCC(CC)NS(=O)(=O)CCCCNC1CC1. The van der Waals surface area contributed by atoms with Crippen molar-refractivity contribution in [3.8, 4) is 0 Å². The van der Waals surface area contributed by atoms with Gasteiger partial charge in [-0.25, -0.2) is 13.1 Å². The molecule has 108 valence electrons. The van der Waals surface area contributed by atoms with E-state index >= 15 is 0 Å². The van der Waals surface area contributed by atoms with E-state index in [1.54, 1.807) is 0 Å². The molecule has 1 aliphatic rings. The molecule has 1 rings (SSSR count). The van der Waals surface area contributed by atoms with Gasteiger partial charge in [0.05, 0.1) is 5.75 Å². The van der Waals surface area contributed by atoms with E-state index in [4.69, 9.17) is 0 Å². The highest BCUT2D eigenvalue weighted by atomic mass is 32.2. The molecule has 0 heterocycles. The van der Waals surface area contributed by atoms with Gasteiger partial charge in [-0.1, -0.05) is 20.3 Å². The quantitative estimate of drug-likeness (QED) is 0.568. The average molecular weight is 276 g/mol. The molecule has 1 aliphatic carbocycles. The molecule has 0 amide bonds. The zero-order chi connectivity index (χ0) is 13.4. The average Bonchev–Trinajstić information content (AvgIpc) is 3.11. The summed E-state index contributed by atoms with van der Waals surface area (Å²) in [6.07, 6.45) is 7.09. The summed E-state index contributed by atoms with van der Waals surface area (Å²) >= 11 is 0. The first-order valence-corrected chi connectivity index (χ1v) is 8.96. The molecule has 0 aromatic heterocycles. The zero-order valence-electron chi connectivity index (χ0n) is 11.7. The predicted molar refractivity (Wildman–Crippen MR) is 76.2 cm³/mol. The number of hydrogen-bond acceptors (Lipinski definition) is 3. The molecule has 0 bridgehead atoms. The molecule has 0 radical (unpaired) electrons. The van der Waals surface area contributed by atoms with Crippen LogP contribution in [0.1, 0.15) is 58.8 Å². The Balaban J connectivity index is 2.12. The monoisotopic (exact) mass is 276 g/mol. The third kappa shape index (κ3) is 7.34. The summed E-state index contributed by atoms with van der Waals surface area (Å²) < 4.78 is 26.5. The number of unbranched alkanes of at least 4 members (excludes halogenated alkanes) is 1. The van der Waals surface area contributed by atoms with E-state index in [0.29, 0.717) is 6.04 Å². The Morgan fingerprint density at radius 2 is 1.94 bits per heavy atom. The van der Waals surface area contributed by atoms with Crippen LogP contribution in [0.2, 0.25) is 0 Å². The second-order valence-electron chi connectivity index (χ2n) is 5.27. The predicted octanol–water partition coefficient (Wildman–Crippen LogP) is 2.02. The lowest BCUT2D eigenvalue weighted by Crippen LogP contribution is -2.36. The van der Waals surface area contributed by atoms with E-state index in [1.807, 2.05) is 6.92 Å². The summed E-state index contributed by atoms with van der Waals surface area (Å²) in [6, 6.07) is 0.832. The maximum Gasteiger partial charge on any atom is 0.211 e. The number of hydrogen-bond donors (Lipinski definition) is 2. The van der Waals surface area contributed by atoms with Gasteiger partial charge in [-0.3, -0.25) is 0 Å². The van der Waals surface area contributed by atoms with Crippen LogP contribution in [0.25, 0.3) is 0 Å². The topological polar surface area (TPSA) is 58.2 Å². The van der Waals surface area contributed by atoms with Gasteiger partial charge in [0.15, 0.2) is 0 Å². The van der Waals surface area contributed by atoms with Crippen LogP contribution in [0.4, 0.5) is 0 Å². The minimum atomic E-state index is -3.08. The maximum atomic E-state index is 11.9. The number of rotatable bonds is 11. The van der Waals surface area contributed by atoms with E-state index in [0.717, 1.165) is 38.6 Å². The van der Waals surface area contributed by atoms with Gasteiger partial charge in [0, 0.05) is 12.1 Å². The van der Waals surface area contributed by atoms with Crippen molar-refractivity contribution in [3.05, 3.63) is 0 Å². The van der Waals surface area contributed by atoms with Crippen LogP contribution in [0.15, 0.2) is 0 Å². The Morgan fingerprint density at radius 1 is 1.22 bits per heavy atom. The van der Waals surface area contributed by atoms with Crippen molar-refractivity contribution in [1.82, 2.24) is 10.0 Å². The molecule has 0 spiro atoms. The fourth-order valence-corrected chi connectivity index (χ4v) is 3.51. The first-order valence-electron chi connectivity index (χ1n) is 7.30. The van der Waals surface area contributed by atoms with Crippen molar-refractivity contribution in [2.24, 2.45) is 0 Å². The van der Waals surface area contributed by atoms with E-state index < -0.39 is 10.0 Å². The van der Waals surface area contributed by atoms with Crippen molar-refractivity contribution in [2.45, 2.75) is 70.9 Å². The standard InChI is InChI=1S/C13H28N2O2S/c1-3-7-12(4-2)15-18(16,17)11-6-5-10-14-13-8-9-13/h12-15H,3-11H2,1-2H3. The second kappa shape index (κ2) is 8.12. The van der Waals surface area contributed by atoms with Crippen molar-refractivity contribution in [1.29, 1.82) is 0 Å². The molecule has 0 saturated heterocycles. The lowest BCUT2D eigenvalue weighted by molar-refractivity contribution is 0.510. The second-order valence-corrected chi connectivity index (χ2v) is 7.14. The molecule has 5 heteroatoms. The van der Waals surface area contributed by atoms with Crippen LogP contribution in [0, 0.1) is 0 Å². The van der Waals surface area contributed by atoms with Gasteiger partial charge in [0.25, 0.3) is 0 Å². The van der Waals surface area contributed by atoms with Gasteiger partial charge in [-0.2, -0.15) is 0 Å². The lowest BCUT2D eigenvalue weighted by Gasteiger charge is -2.16. The third-order valence-electron chi connectivity index (χ3n) is 3.33. The molecule has 18 heavy (non-hydrogen) atoms. The minimum Gasteiger partial charge on any atom is -0.314 e. The Hall–Kier alpha value is -0.130. The van der Waals surface area contributed by atoms with Crippen molar-refractivity contribution in [3.63, 3.8) is 0 Å². The summed E-state index contributed by atoms with van der Waals surface area (Å²) in [5, 5.41) is 3.40. The normalized spacial score (nSPS) is 17.9. The molecule has 1 atom stereocenters. The first kappa shape index (κ1) is 15.9. The lowest BCUT2D eigenvalue weighted by atomic mass is 10.1. The molecule has 1 fully saturated rings. The van der Waals surface area contributed by atoms with Gasteiger partial charge in [-0.05, 0) is 45.1 Å². The molecular formula is C13H28N2O2S. The van der Waals surface area contributed by atoms with Gasteiger partial charge < -0.3 is 5.32 Å². The molecule has 1 saturated carbocycles. The Labute approximate surface area is 112 Å². The van der Waals surface area contributed by atoms with Crippen molar-refractivity contribution >= 4 is 10.0 Å². The summed E-state index contributed by atoms with van der Waals surface area (Å²) in [6.45, 7) is 5.06. The summed E-state index contributed by atoms with van der Waals surface area (Å²) in [5.41, 5.74) is 0. The third-order valence-corrected chi connectivity index (χ3v) is 4.84. The molecule has 1 unspecified atom stereocenters. The van der Waals surface area contributed by atoms with E-state index in [-0.39, 0.29) is 11.8 Å². The Kier molecular flexibility index (Phi) is 7.19. The molecule has 0 aliphatic heterocycles. The largest absolute Gasteiger partial charge is 0.314 e. The molecule has 2 N–H and O–H groups in total. The van der Waals surface area contributed by atoms with Crippen molar-refractivity contribution < 1.29 is 8.42 Å². The van der Waals surface area contributed by atoms with E-state index in [2.05, 4.69) is 17.0 Å². The van der Waals surface area contributed by atoms with Gasteiger partial charge in [0.1, 0.15) is 0 Å². The molecular weight excluding hydrogens is 248 g/mol. The summed E-state index contributed by atoms with van der Waals surface area (Å²) in [5.74, 6) is 0.263. The van der Waals surface area contributed by atoms with Gasteiger partial charge >= 0.3 is 0 Å². The van der Waals surface area contributed by atoms with Gasteiger partial charge in [0.2, 0.25) is 10.0 Å². The van der Waals surface area contributed by atoms with Crippen LogP contribution < -0.4 is 10.0 Å². The zero-order valence-corrected chi connectivity index (χ0v) is 12.6. The fraction of sp³-hybridized carbons (Fsp3) is 1.00. The molecule has 0 aromatic rings. The minimum absolute atomic E-state index is 0.115. The molecule has 4 nitrogen and oxygen atoms in total. The number of nitrogens with one attached hydrogen (secondary N) is 2. The highest BCUT2D eigenvalue weighted by Gasteiger charge is 2.20. The molecule has 0 aromatic carbocycles. The van der Waals surface area contributed by atoms with Crippen molar-refractivity contribution in [2.75, 3.05) is 12.3 Å². The first-order chi connectivity index (χ1) is 8.57. The fourth-order valence-electron chi connectivity index (χ4n) is 2.02. The van der Waals surface area contributed by atoms with Gasteiger partial charge in [-0.15, -0.1) is 0 Å². The van der Waals surface area contributed by atoms with Crippen LogP contribution in [0.5, 0.6) is 0 Å². The van der Waals surface area contributed by atoms with Crippen LogP contribution in [-0.2, 0) is 10.0 Å². The Bertz CT molecular complexity index is 313. The number of sulfonamides is 1. The highest BCUT2D eigenvalue weighted by Crippen LogP contribution is 2.18. The van der Waals surface area contributed by atoms with E-state index in [1.165, 1.54) is 12.8 Å².